The smallest absolute Gasteiger partial charge is 0.417 e. The number of cyclic esters (lactones) is 1. The normalized spacial score (nSPS) is 22.8. The number of imide groups is 1. The highest BCUT2D eigenvalue weighted by Crippen LogP contribution is 2.28. The molecule has 0 radical (unpaired) electrons. The molecule has 1 unspecified atom stereocenters. The van der Waals surface area contributed by atoms with Crippen LogP contribution in [0.2, 0.25) is 0 Å². The molecule has 5 heteroatoms. The molecule has 0 aromatic heterocycles. The fraction of sp³-hybridized carbons (Fsp3) is 0.692. The highest BCUT2D eigenvalue weighted by molar-refractivity contribution is 5.97. The maximum Gasteiger partial charge on any atom is 0.417 e. The van der Waals surface area contributed by atoms with Gasteiger partial charge in [-0.3, -0.25) is 4.79 Å². The number of hydrogen-bond donors (Lipinski definition) is 0. The zero-order valence-corrected chi connectivity index (χ0v) is 11.4. The predicted octanol–water partition coefficient (Wildman–Crippen LogP) is 1.83. The molecule has 1 heterocycles. The van der Waals surface area contributed by atoms with Gasteiger partial charge in [0.15, 0.2) is 0 Å². The molecule has 0 aromatic rings. The van der Waals surface area contributed by atoms with Crippen molar-refractivity contribution in [2.45, 2.75) is 26.8 Å². The monoisotopic (exact) mass is 255 g/mol. The molecule has 2 atom stereocenters. The fourth-order valence-corrected chi connectivity index (χ4v) is 1.94. The first-order valence-corrected chi connectivity index (χ1v) is 6.00. The molecule has 1 saturated heterocycles. The fourth-order valence-electron chi connectivity index (χ4n) is 1.94. The molecule has 18 heavy (non-hydrogen) atoms. The van der Waals surface area contributed by atoms with Crippen LogP contribution < -0.4 is 0 Å². The molecule has 0 aliphatic carbocycles. The highest BCUT2D eigenvalue weighted by atomic mass is 16.6. The lowest BCUT2D eigenvalue weighted by molar-refractivity contribution is -0.139. The van der Waals surface area contributed by atoms with E-state index < -0.39 is 11.5 Å². The average Bonchev–Trinajstić information content (AvgIpc) is 2.70. The number of hydrogen-bond acceptors (Lipinski definition) is 4. The molecular weight excluding hydrogens is 234 g/mol. The van der Waals surface area contributed by atoms with Crippen LogP contribution in [0.15, 0.2) is 12.7 Å². The van der Waals surface area contributed by atoms with E-state index >= 15 is 0 Å². The van der Waals surface area contributed by atoms with Crippen LogP contribution in [0.1, 0.15) is 20.8 Å². The van der Waals surface area contributed by atoms with Crippen molar-refractivity contribution in [2.24, 2.45) is 11.3 Å². The number of carbonyl (C=O) groups is 2. The lowest BCUT2D eigenvalue weighted by atomic mass is 9.89. The topological polar surface area (TPSA) is 55.8 Å². The first-order valence-electron chi connectivity index (χ1n) is 6.00. The van der Waals surface area contributed by atoms with Crippen molar-refractivity contribution in [1.29, 1.82) is 0 Å². The Morgan fingerprint density at radius 3 is 2.78 bits per heavy atom. The SMILES string of the molecule is C=C[C@](C)(COC)C(=O)N1C(=O)OCC1C(C)C. The number of rotatable bonds is 5. The zero-order valence-electron chi connectivity index (χ0n) is 11.4. The predicted molar refractivity (Wildman–Crippen MR) is 67.0 cm³/mol. The molecule has 0 saturated carbocycles. The Labute approximate surface area is 108 Å². The molecular formula is C13H21NO4. The number of amides is 2. The first-order chi connectivity index (χ1) is 8.37. The van der Waals surface area contributed by atoms with Crippen LogP contribution in [0.25, 0.3) is 0 Å². The van der Waals surface area contributed by atoms with Gasteiger partial charge >= 0.3 is 6.09 Å². The second-order valence-electron chi connectivity index (χ2n) is 5.12. The number of nitrogens with zero attached hydrogens (tertiary/aromatic N) is 1. The van der Waals surface area contributed by atoms with E-state index in [9.17, 15) is 9.59 Å². The summed E-state index contributed by atoms with van der Waals surface area (Å²) < 4.78 is 10.0. The minimum Gasteiger partial charge on any atom is -0.447 e. The van der Waals surface area contributed by atoms with Gasteiger partial charge in [0.05, 0.1) is 18.1 Å². The van der Waals surface area contributed by atoms with Gasteiger partial charge < -0.3 is 9.47 Å². The van der Waals surface area contributed by atoms with Crippen molar-refractivity contribution in [1.82, 2.24) is 4.90 Å². The zero-order chi connectivity index (χ0) is 13.9. The van der Waals surface area contributed by atoms with Gasteiger partial charge in [-0.05, 0) is 12.8 Å². The largest absolute Gasteiger partial charge is 0.447 e. The van der Waals surface area contributed by atoms with Crippen molar-refractivity contribution in [3.05, 3.63) is 12.7 Å². The van der Waals surface area contributed by atoms with E-state index in [-0.39, 0.29) is 31.1 Å². The van der Waals surface area contributed by atoms with E-state index in [1.807, 2.05) is 13.8 Å². The molecule has 0 spiro atoms. The molecule has 1 rings (SSSR count). The Morgan fingerprint density at radius 1 is 1.72 bits per heavy atom. The Kier molecular flexibility index (Phi) is 4.51. The van der Waals surface area contributed by atoms with Gasteiger partial charge in [-0.1, -0.05) is 19.9 Å². The molecule has 0 bridgehead atoms. The van der Waals surface area contributed by atoms with E-state index in [2.05, 4.69) is 6.58 Å². The lowest BCUT2D eigenvalue weighted by Crippen LogP contribution is -2.49. The van der Waals surface area contributed by atoms with E-state index in [0.29, 0.717) is 0 Å². The summed E-state index contributed by atoms with van der Waals surface area (Å²) in [4.78, 5) is 25.4. The van der Waals surface area contributed by atoms with Crippen LogP contribution in [-0.4, -0.2) is 43.3 Å². The Hall–Kier alpha value is -1.36. The summed E-state index contributed by atoms with van der Waals surface area (Å²) in [7, 11) is 1.51. The van der Waals surface area contributed by atoms with E-state index in [4.69, 9.17) is 9.47 Å². The maximum atomic E-state index is 12.5. The van der Waals surface area contributed by atoms with Gasteiger partial charge in [0.25, 0.3) is 0 Å². The van der Waals surface area contributed by atoms with E-state index in [0.717, 1.165) is 0 Å². The van der Waals surface area contributed by atoms with Crippen LogP contribution in [0.4, 0.5) is 4.79 Å². The summed E-state index contributed by atoms with van der Waals surface area (Å²) in [5.41, 5.74) is -0.911. The van der Waals surface area contributed by atoms with Gasteiger partial charge in [-0.15, -0.1) is 6.58 Å². The van der Waals surface area contributed by atoms with Crippen LogP contribution in [0, 0.1) is 11.3 Å². The van der Waals surface area contributed by atoms with E-state index in [1.165, 1.54) is 18.1 Å². The van der Waals surface area contributed by atoms with Gasteiger partial charge in [0.2, 0.25) is 5.91 Å². The molecule has 0 aromatic carbocycles. The summed E-state index contributed by atoms with van der Waals surface area (Å²) in [6, 6.07) is -0.221. The van der Waals surface area contributed by atoms with Crippen molar-refractivity contribution < 1.29 is 19.1 Å². The minimum absolute atomic E-state index is 0.150. The third kappa shape index (κ3) is 2.56. The standard InChI is InChI=1S/C13H21NO4/c1-6-13(4,8-17-5)11(15)14-10(9(2)3)7-18-12(14)16/h6,9-10H,1,7-8H2,2-5H3/t10?,13-/m1/s1. The third-order valence-electron chi connectivity index (χ3n) is 3.28. The number of carbonyl (C=O) groups excluding carboxylic acids is 2. The summed E-state index contributed by atoms with van der Waals surface area (Å²) in [5.74, 6) is -0.169. The van der Waals surface area contributed by atoms with Gasteiger partial charge in [0.1, 0.15) is 6.61 Å². The molecule has 0 N–H and O–H groups in total. The molecule has 1 aliphatic rings. The van der Waals surface area contributed by atoms with Crippen molar-refractivity contribution in [2.75, 3.05) is 20.3 Å². The lowest BCUT2D eigenvalue weighted by Gasteiger charge is -2.31. The van der Waals surface area contributed by atoms with Gasteiger partial charge in [-0.2, -0.15) is 0 Å². The molecule has 102 valence electrons. The highest BCUT2D eigenvalue weighted by Gasteiger charge is 2.45. The molecule has 2 amide bonds. The first kappa shape index (κ1) is 14.7. The van der Waals surface area contributed by atoms with Crippen molar-refractivity contribution in [3.63, 3.8) is 0 Å². The number of methoxy groups -OCH3 is 1. The summed E-state index contributed by atoms with van der Waals surface area (Å²) >= 11 is 0. The Bertz CT molecular complexity index is 353. The van der Waals surface area contributed by atoms with Gasteiger partial charge in [0, 0.05) is 7.11 Å². The summed E-state index contributed by atoms with van der Waals surface area (Å²) in [6.07, 6.45) is 0.935. The van der Waals surface area contributed by atoms with Crippen LogP contribution >= 0.6 is 0 Å². The van der Waals surface area contributed by atoms with Crippen LogP contribution in [-0.2, 0) is 14.3 Å². The molecule has 1 aliphatic heterocycles. The summed E-state index contributed by atoms with van der Waals surface area (Å²) in [6.45, 7) is 9.70. The molecule has 5 nitrogen and oxygen atoms in total. The van der Waals surface area contributed by atoms with Crippen LogP contribution in [0.3, 0.4) is 0 Å². The Balaban J connectivity index is 2.99. The van der Waals surface area contributed by atoms with Gasteiger partial charge in [-0.25, -0.2) is 9.69 Å². The van der Waals surface area contributed by atoms with Crippen molar-refractivity contribution in [3.8, 4) is 0 Å². The minimum atomic E-state index is -0.911. The second kappa shape index (κ2) is 5.52. The van der Waals surface area contributed by atoms with Crippen molar-refractivity contribution >= 4 is 12.0 Å². The van der Waals surface area contributed by atoms with Crippen LogP contribution in [0.5, 0.6) is 0 Å². The van der Waals surface area contributed by atoms with E-state index in [1.54, 1.807) is 6.92 Å². The third-order valence-corrected chi connectivity index (χ3v) is 3.28. The second-order valence-corrected chi connectivity index (χ2v) is 5.12. The maximum absolute atomic E-state index is 12.5. The number of ether oxygens (including phenoxy) is 2. The molecule has 1 fully saturated rings. The Morgan fingerprint density at radius 2 is 2.33 bits per heavy atom. The summed E-state index contributed by atoms with van der Waals surface area (Å²) in [5, 5.41) is 0. The quantitative estimate of drug-likeness (QED) is 0.703. The average molecular weight is 255 g/mol.